The first-order chi connectivity index (χ1) is 16.2. The van der Waals surface area contributed by atoms with Crippen LogP contribution in [0, 0.1) is 0 Å². The summed E-state index contributed by atoms with van der Waals surface area (Å²) in [6.45, 7) is 3.59. The van der Waals surface area contributed by atoms with Crippen LogP contribution in [0.1, 0.15) is 34.3 Å². The van der Waals surface area contributed by atoms with Crippen LogP contribution in [0.15, 0.2) is 84.4 Å². The molecule has 0 radical (unpaired) electrons. The highest BCUT2D eigenvalue weighted by Crippen LogP contribution is 2.27. The molecule has 2 aromatic heterocycles. The maximum absolute atomic E-state index is 13.3. The van der Waals surface area contributed by atoms with Crippen molar-refractivity contribution in [1.82, 2.24) is 20.0 Å². The number of hydrogen-bond donors (Lipinski definition) is 1. The van der Waals surface area contributed by atoms with Gasteiger partial charge in [-0.25, -0.2) is 0 Å². The van der Waals surface area contributed by atoms with Crippen molar-refractivity contribution in [3.63, 3.8) is 0 Å². The van der Waals surface area contributed by atoms with Crippen LogP contribution in [0.4, 0.5) is 0 Å². The average molecular weight is 457 g/mol. The molecule has 1 aliphatic rings. The Balaban J connectivity index is 1.25. The second-order valence-electron chi connectivity index (χ2n) is 8.56. The van der Waals surface area contributed by atoms with Gasteiger partial charge in [-0.1, -0.05) is 66.7 Å². The molecule has 2 aromatic carbocycles. The summed E-state index contributed by atoms with van der Waals surface area (Å²) in [6.07, 6.45) is 3.82. The Labute approximate surface area is 198 Å². The van der Waals surface area contributed by atoms with E-state index in [2.05, 4.69) is 52.7 Å². The van der Waals surface area contributed by atoms with Gasteiger partial charge >= 0.3 is 0 Å². The highest BCUT2D eigenvalue weighted by molar-refractivity contribution is 7.13. The van der Waals surface area contributed by atoms with Gasteiger partial charge in [0, 0.05) is 31.9 Å². The van der Waals surface area contributed by atoms with E-state index in [0.29, 0.717) is 12.1 Å². The minimum absolute atomic E-state index is 0.0285. The lowest BCUT2D eigenvalue weighted by atomic mass is 10.0. The molecule has 168 valence electrons. The number of carbonyl (C=O) groups excluding carboxylic acids is 1. The second-order valence-corrected chi connectivity index (χ2v) is 9.51. The minimum Gasteiger partial charge on any atom is -0.349 e. The van der Waals surface area contributed by atoms with Crippen LogP contribution in [0.25, 0.3) is 10.6 Å². The molecule has 1 fully saturated rings. The molecule has 0 bridgehead atoms. The summed E-state index contributed by atoms with van der Waals surface area (Å²) in [5.74, 6) is -0.0285. The number of rotatable bonds is 7. The zero-order chi connectivity index (χ0) is 22.5. The molecule has 1 aliphatic heterocycles. The number of thiophene rings is 1. The Morgan fingerprint density at radius 1 is 0.909 bits per heavy atom. The average Bonchev–Trinajstić information content (AvgIpc) is 3.52. The third kappa shape index (κ3) is 5.41. The van der Waals surface area contributed by atoms with Crippen molar-refractivity contribution in [2.45, 2.75) is 32.0 Å². The van der Waals surface area contributed by atoms with E-state index >= 15 is 0 Å². The third-order valence-corrected chi connectivity index (χ3v) is 7.00. The smallest absolute Gasteiger partial charge is 0.255 e. The first-order valence-electron chi connectivity index (χ1n) is 11.5. The highest BCUT2D eigenvalue weighted by atomic mass is 32.1. The monoisotopic (exact) mass is 456 g/mol. The van der Waals surface area contributed by atoms with Crippen molar-refractivity contribution in [1.29, 1.82) is 0 Å². The van der Waals surface area contributed by atoms with E-state index in [4.69, 9.17) is 5.10 Å². The van der Waals surface area contributed by atoms with E-state index in [1.807, 2.05) is 46.6 Å². The summed E-state index contributed by atoms with van der Waals surface area (Å²) < 4.78 is 1.88. The molecule has 5 rings (SSSR count). The Bertz CT molecular complexity index is 1160. The summed E-state index contributed by atoms with van der Waals surface area (Å²) in [5, 5.41) is 10.1. The second kappa shape index (κ2) is 10.1. The Morgan fingerprint density at radius 2 is 1.58 bits per heavy atom. The van der Waals surface area contributed by atoms with Gasteiger partial charge in [0.15, 0.2) is 0 Å². The normalized spacial score (nSPS) is 14.9. The van der Waals surface area contributed by atoms with Crippen molar-refractivity contribution in [3.05, 3.63) is 101 Å². The molecule has 33 heavy (non-hydrogen) atoms. The topological polar surface area (TPSA) is 50.2 Å². The van der Waals surface area contributed by atoms with E-state index in [9.17, 15) is 4.79 Å². The molecule has 1 N–H and O–H groups in total. The molecule has 0 unspecified atom stereocenters. The number of benzene rings is 2. The van der Waals surface area contributed by atoms with Gasteiger partial charge in [0.2, 0.25) is 0 Å². The molecule has 0 aliphatic carbocycles. The van der Waals surface area contributed by atoms with Gasteiger partial charge in [-0.2, -0.15) is 5.10 Å². The van der Waals surface area contributed by atoms with Crippen molar-refractivity contribution >= 4 is 17.2 Å². The molecule has 0 spiro atoms. The largest absolute Gasteiger partial charge is 0.349 e. The first-order valence-corrected chi connectivity index (χ1v) is 12.3. The van der Waals surface area contributed by atoms with Crippen LogP contribution in [-0.2, 0) is 13.1 Å². The number of amides is 1. The zero-order valence-electron chi connectivity index (χ0n) is 18.6. The fourth-order valence-corrected chi connectivity index (χ4v) is 5.10. The van der Waals surface area contributed by atoms with Gasteiger partial charge in [0.05, 0.1) is 17.0 Å². The van der Waals surface area contributed by atoms with Gasteiger partial charge in [-0.05, 0) is 35.4 Å². The summed E-state index contributed by atoms with van der Waals surface area (Å²) in [5.41, 5.74) is 3.92. The SMILES string of the molecule is O=C(NC1CCN(Cc2ccccc2)CC1)c1cn(Cc2ccccc2)nc1-c1cccs1. The Hall–Kier alpha value is -3.22. The molecule has 1 saturated heterocycles. The summed E-state index contributed by atoms with van der Waals surface area (Å²) in [7, 11) is 0. The number of piperidine rings is 1. The molecule has 4 aromatic rings. The van der Waals surface area contributed by atoms with Crippen LogP contribution < -0.4 is 5.32 Å². The predicted octanol–water partition coefficient (Wildman–Crippen LogP) is 5.05. The number of aromatic nitrogens is 2. The standard InChI is InChI=1S/C27H28N4OS/c32-27(28-23-13-15-30(16-14-23)18-21-8-3-1-4-9-21)24-20-31(19-22-10-5-2-6-11-22)29-26(24)25-12-7-17-33-25/h1-12,17,20,23H,13-16,18-19H2,(H,28,32). The predicted molar refractivity (Wildman–Crippen MR) is 133 cm³/mol. The van der Waals surface area contributed by atoms with Gasteiger partial charge in [-0.3, -0.25) is 14.4 Å². The van der Waals surface area contributed by atoms with E-state index in [-0.39, 0.29) is 11.9 Å². The number of hydrogen-bond acceptors (Lipinski definition) is 4. The number of nitrogens with zero attached hydrogens (tertiary/aromatic N) is 3. The van der Waals surface area contributed by atoms with Crippen molar-refractivity contribution in [2.24, 2.45) is 0 Å². The van der Waals surface area contributed by atoms with Crippen molar-refractivity contribution < 1.29 is 4.79 Å². The third-order valence-electron chi connectivity index (χ3n) is 6.12. The Morgan fingerprint density at radius 3 is 2.21 bits per heavy atom. The van der Waals surface area contributed by atoms with E-state index < -0.39 is 0 Å². The van der Waals surface area contributed by atoms with Gasteiger partial charge < -0.3 is 5.32 Å². The zero-order valence-corrected chi connectivity index (χ0v) is 19.4. The molecule has 0 atom stereocenters. The summed E-state index contributed by atoms with van der Waals surface area (Å²) in [6, 6.07) is 25.0. The van der Waals surface area contributed by atoms with E-state index in [0.717, 1.165) is 48.6 Å². The fourth-order valence-electron chi connectivity index (χ4n) is 4.37. The van der Waals surface area contributed by atoms with Crippen LogP contribution in [-0.4, -0.2) is 39.7 Å². The molecule has 1 amide bonds. The van der Waals surface area contributed by atoms with E-state index in [1.165, 1.54) is 5.56 Å². The van der Waals surface area contributed by atoms with E-state index in [1.54, 1.807) is 11.3 Å². The molecule has 0 saturated carbocycles. The lowest BCUT2D eigenvalue weighted by Gasteiger charge is -2.32. The first kappa shape index (κ1) is 21.6. The van der Waals surface area contributed by atoms with Gasteiger partial charge in [0.25, 0.3) is 5.91 Å². The van der Waals surface area contributed by atoms with Crippen LogP contribution in [0.3, 0.4) is 0 Å². The molecule has 3 heterocycles. The maximum Gasteiger partial charge on any atom is 0.255 e. The lowest BCUT2D eigenvalue weighted by Crippen LogP contribution is -2.44. The summed E-state index contributed by atoms with van der Waals surface area (Å²) in [4.78, 5) is 16.8. The molecule has 5 nitrogen and oxygen atoms in total. The number of carbonyl (C=O) groups is 1. The molecular formula is C27H28N4OS. The number of likely N-dealkylation sites (tertiary alicyclic amines) is 1. The van der Waals surface area contributed by atoms with Crippen LogP contribution in [0.2, 0.25) is 0 Å². The van der Waals surface area contributed by atoms with Crippen molar-refractivity contribution in [2.75, 3.05) is 13.1 Å². The summed E-state index contributed by atoms with van der Waals surface area (Å²) >= 11 is 1.61. The van der Waals surface area contributed by atoms with Crippen LogP contribution in [0.5, 0.6) is 0 Å². The van der Waals surface area contributed by atoms with Gasteiger partial charge in [0.1, 0.15) is 5.69 Å². The molecule has 6 heteroatoms. The van der Waals surface area contributed by atoms with Crippen LogP contribution >= 0.6 is 11.3 Å². The maximum atomic E-state index is 13.3. The quantitative estimate of drug-likeness (QED) is 0.423. The number of nitrogens with one attached hydrogen (secondary N) is 1. The van der Waals surface area contributed by atoms with Gasteiger partial charge in [-0.15, -0.1) is 11.3 Å². The Kier molecular flexibility index (Phi) is 6.65. The lowest BCUT2D eigenvalue weighted by molar-refractivity contribution is 0.0909. The van der Waals surface area contributed by atoms with Crippen molar-refractivity contribution in [3.8, 4) is 10.6 Å². The minimum atomic E-state index is -0.0285. The highest BCUT2D eigenvalue weighted by Gasteiger charge is 2.24. The fraction of sp³-hybridized carbons (Fsp3) is 0.259. The molecular weight excluding hydrogens is 428 g/mol.